The van der Waals surface area contributed by atoms with Crippen molar-refractivity contribution in [3.63, 3.8) is 0 Å². The fraction of sp³-hybridized carbons (Fsp3) is 0.190. The lowest BCUT2D eigenvalue weighted by Crippen LogP contribution is -2.43. The number of hydrogen-bond donors (Lipinski definition) is 2. The number of aryl methyl sites for hydroxylation is 1. The molecule has 2 aromatic carbocycles. The third-order valence-electron chi connectivity index (χ3n) is 5.62. The highest BCUT2D eigenvalue weighted by Gasteiger charge is 2.55. The Balaban J connectivity index is 1.37. The van der Waals surface area contributed by atoms with E-state index >= 15 is 0 Å². The van der Waals surface area contributed by atoms with Crippen LogP contribution in [0.1, 0.15) is 17.5 Å². The number of imide groups is 1. The minimum Gasteiger partial charge on any atom is -0.323 e. The number of benzene rings is 2. The number of anilines is 1. The molecule has 2 heterocycles. The van der Waals surface area contributed by atoms with Gasteiger partial charge < -0.3 is 10.6 Å². The van der Waals surface area contributed by atoms with Crippen molar-refractivity contribution in [2.24, 2.45) is 0 Å². The molecular formula is C21H17ClN6O3. The molecule has 1 saturated heterocycles. The van der Waals surface area contributed by atoms with E-state index in [0.717, 1.165) is 16.0 Å². The number of urea groups is 1. The Kier molecular flexibility index (Phi) is 4.48. The molecule has 156 valence electrons. The van der Waals surface area contributed by atoms with E-state index in [-0.39, 0.29) is 0 Å². The van der Waals surface area contributed by atoms with E-state index in [4.69, 9.17) is 11.6 Å². The normalized spacial score (nSPS) is 19.6. The van der Waals surface area contributed by atoms with E-state index < -0.39 is 29.9 Å². The molecule has 1 aromatic heterocycles. The summed E-state index contributed by atoms with van der Waals surface area (Å²) in [4.78, 5) is 43.5. The molecule has 1 atom stereocenters. The molecule has 5 rings (SSSR count). The van der Waals surface area contributed by atoms with Crippen LogP contribution in [0.25, 0.3) is 5.69 Å². The first-order valence-corrected chi connectivity index (χ1v) is 10.0. The van der Waals surface area contributed by atoms with Crippen molar-refractivity contribution in [3.05, 3.63) is 71.3 Å². The van der Waals surface area contributed by atoms with Gasteiger partial charge in [-0.2, -0.15) is 5.10 Å². The third kappa shape index (κ3) is 3.14. The maximum Gasteiger partial charge on any atom is 0.325 e. The second-order valence-electron chi connectivity index (χ2n) is 7.43. The highest BCUT2D eigenvalue weighted by atomic mass is 35.5. The monoisotopic (exact) mass is 436 g/mol. The van der Waals surface area contributed by atoms with Crippen molar-refractivity contribution in [2.45, 2.75) is 18.4 Å². The Morgan fingerprint density at radius 1 is 1.23 bits per heavy atom. The Morgan fingerprint density at radius 3 is 2.87 bits per heavy atom. The number of halogens is 1. The van der Waals surface area contributed by atoms with Gasteiger partial charge in [0.15, 0.2) is 0 Å². The first-order chi connectivity index (χ1) is 15.0. The van der Waals surface area contributed by atoms with E-state index in [1.165, 1.54) is 17.3 Å². The van der Waals surface area contributed by atoms with Crippen LogP contribution in [0.2, 0.25) is 5.02 Å². The summed E-state index contributed by atoms with van der Waals surface area (Å²) in [6.45, 7) is -0.419. The number of nitrogens with zero attached hydrogens (tertiary/aromatic N) is 4. The van der Waals surface area contributed by atoms with Gasteiger partial charge in [0.25, 0.3) is 5.91 Å². The summed E-state index contributed by atoms with van der Waals surface area (Å²) >= 11 is 6.08. The molecule has 0 radical (unpaired) electrons. The third-order valence-corrected chi connectivity index (χ3v) is 5.86. The minimum atomic E-state index is -1.10. The molecule has 10 heteroatoms. The SMILES string of the molecule is O=C(CN1C(=O)NC2(CCc3ccccc32)C1=O)Nc1cc(Cl)ccc1-n1cncn1. The van der Waals surface area contributed by atoms with Gasteiger partial charge in [-0.15, -0.1) is 0 Å². The van der Waals surface area contributed by atoms with Gasteiger partial charge in [-0.1, -0.05) is 35.9 Å². The van der Waals surface area contributed by atoms with Gasteiger partial charge in [0.05, 0.1) is 11.4 Å². The molecule has 1 spiro atoms. The molecule has 1 aliphatic carbocycles. The van der Waals surface area contributed by atoms with E-state index in [1.54, 1.807) is 18.2 Å². The average molecular weight is 437 g/mol. The summed E-state index contributed by atoms with van der Waals surface area (Å²) in [7, 11) is 0. The van der Waals surface area contributed by atoms with Gasteiger partial charge in [-0.05, 0) is 42.2 Å². The molecule has 3 aromatic rings. The van der Waals surface area contributed by atoms with Crippen LogP contribution in [0.4, 0.5) is 10.5 Å². The molecule has 1 unspecified atom stereocenters. The van der Waals surface area contributed by atoms with Crippen LogP contribution < -0.4 is 10.6 Å². The lowest BCUT2D eigenvalue weighted by molar-refractivity contribution is -0.134. The number of carbonyl (C=O) groups excluding carboxylic acids is 3. The molecule has 9 nitrogen and oxygen atoms in total. The first-order valence-electron chi connectivity index (χ1n) is 9.65. The van der Waals surface area contributed by atoms with Crippen LogP contribution in [0.15, 0.2) is 55.1 Å². The predicted octanol–water partition coefficient (Wildman–Crippen LogP) is 2.25. The van der Waals surface area contributed by atoms with Gasteiger partial charge in [0.2, 0.25) is 5.91 Å². The summed E-state index contributed by atoms with van der Waals surface area (Å²) in [6.07, 6.45) is 4.01. The predicted molar refractivity (Wildman–Crippen MR) is 112 cm³/mol. The topological polar surface area (TPSA) is 109 Å². The fourth-order valence-electron chi connectivity index (χ4n) is 4.21. The number of nitrogens with one attached hydrogen (secondary N) is 2. The highest BCUT2D eigenvalue weighted by Crippen LogP contribution is 2.41. The summed E-state index contributed by atoms with van der Waals surface area (Å²) in [5.74, 6) is -0.948. The smallest absolute Gasteiger partial charge is 0.323 e. The van der Waals surface area contributed by atoms with Crippen LogP contribution in [0, 0.1) is 0 Å². The highest BCUT2D eigenvalue weighted by molar-refractivity contribution is 6.31. The molecule has 0 bridgehead atoms. The average Bonchev–Trinajstić information content (AvgIpc) is 3.46. The summed E-state index contributed by atoms with van der Waals surface area (Å²) in [5.41, 5.74) is 1.65. The lowest BCUT2D eigenvalue weighted by Gasteiger charge is -2.22. The first kappa shape index (κ1) is 19.3. The second kappa shape index (κ2) is 7.21. The second-order valence-corrected chi connectivity index (χ2v) is 7.87. The van der Waals surface area contributed by atoms with Crippen molar-refractivity contribution < 1.29 is 14.4 Å². The summed E-state index contributed by atoms with van der Waals surface area (Å²) in [5, 5.41) is 10.0. The molecule has 2 N–H and O–H groups in total. The molecule has 0 saturated carbocycles. The Bertz CT molecular complexity index is 1210. The largest absolute Gasteiger partial charge is 0.325 e. The Labute approximate surface area is 182 Å². The van der Waals surface area contributed by atoms with Crippen LogP contribution in [-0.2, 0) is 21.5 Å². The molecule has 1 aliphatic heterocycles. The summed E-state index contributed by atoms with van der Waals surface area (Å²) < 4.78 is 1.48. The number of aromatic nitrogens is 3. The van der Waals surface area contributed by atoms with E-state index in [9.17, 15) is 14.4 Å². The molecule has 1 fully saturated rings. The standard InChI is InChI=1S/C21H17ClN6O3/c22-14-5-6-17(28-12-23-11-24-28)16(9-14)25-18(29)10-27-19(30)21(26-20(27)31)8-7-13-3-1-2-4-15(13)21/h1-6,9,11-12H,7-8,10H2,(H,25,29)(H,26,31). The lowest BCUT2D eigenvalue weighted by atomic mass is 9.92. The number of rotatable bonds is 4. The molecule has 2 aliphatic rings. The van der Waals surface area contributed by atoms with Gasteiger partial charge in [-0.25, -0.2) is 14.5 Å². The fourth-order valence-corrected chi connectivity index (χ4v) is 4.38. The van der Waals surface area contributed by atoms with Gasteiger partial charge in [0, 0.05) is 5.02 Å². The molecule has 4 amide bonds. The maximum absolute atomic E-state index is 13.2. The summed E-state index contributed by atoms with van der Waals surface area (Å²) in [6, 6.07) is 11.9. The van der Waals surface area contributed by atoms with Crippen molar-refractivity contribution in [1.29, 1.82) is 0 Å². The zero-order chi connectivity index (χ0) is 21.6. The zero-order valence-electron chi connectivity index (χ0n) is 16.2. The van der Waals surface area contributed by atoms with Crippen LogP contribution in [-0.4, -0.2) is 44.1 Å². The maximum atomic E-state index is 13.2. The van der Waals surface area contributed by atoms with Crippen molar-refractivity contribution in [2.75, 3.05) is 11.9 Å². The van der Waals surface area contributed by atoms with Gasteiger partial charge in [0.1, 0.15) is 24.7 Å². The minimum absolute atomic E-state index is 0.385. The Hall–Kier alpha value is -3.72. The van der Waals surface area contributed by atoms with Gasteiger partial charge >= 0.3 is 6.03 Å². The van der Waals surface area contributed by atoms with Crippen molar-refractivity contribution in [1.82, 2.24) is 25.0 Å². The molecular weight excluding hydrogens is 420 g/mol. The van der Waals surface area contributed by atoms with Crippen LogP contribution >= 0.6 is 11.6 Å². The number of carbonyl (C=O) groups is 3. The number of fused-ring (bicyclic) bond motifs is 2. The quantitative estimate of drug-likeness (QED) is 0.610. The number of amides is 4. The molecule has 31 heavy (non-hydrogen) atoms. The van der Waals surface area contributed by atoms with Crippen molar-refractivity contribution >= 4 is 35.1 Å². The van der Waals surface area contributed by atoms with E-state index in [2.05, 4.69) is 20.7 Å². The Morgan fingerprint density at radius 2 is 2.06 bits per heavy atom. The van der Waals surface area contributed by atoms with E-state index in [0.29, 0.717) is 29.2 Å². The van der Waals surface area contributed by atoms with Crippen LogP contribution in [0.3, 0.4) is 0 Å². The van der Waals surface area contributed by atoms with Crippen molar-refractivity contribution in [3.8, 4) is 5.69 Å². The van der Waals surface area contributed by atoms with E-state index in [1.807, 2.05) is 24.3 Å². The van der Waals surface area contributed by atoms with Gasteiger partial charge in [-0.3, -0.25) is 14.5 Å². The zero-order valence-corrected chi connectivity index (χ0v) is 17.0. The number of hydrogen-bond acceptors (Lipinski definition) is 5. The van der Waals surface area contributed by atoms with Crippen LogP contribution in [0.5, 0.6) is 0 Å².